The zero-order valence-electron chi connectivity index (χ0n) is 13.7. The molecule has 3 rings (SSSR count). The SMILES string of the molecule is CCCC1CCCN(C(=O)CC2CC3CCC(C2)N3)CC1. The number of likely N-dealkylation sites (tertiary alicyclic amines) is 1. The molecule has 0 saturated carbocycles. The van der Waals surface area contributed by atoms with E-state index in [9.17, 15) is 4.79 Å². The van der Waals surface area contributed by atoms with Crippen molar-refractivity contribution in [2.75, 3.05) is 13.1 Å². The quantitative estimate of drug-likeness (QED) is 0.862. The van der Waals surface area contributed by atoms with Gasteiger partial charge in [-0.1, -0.05) is 19.8 Å². The second-order valence-electron chi connectivity index (χ2n) is 7.65. The van der Waals surface area contributed by atoms with Gasteiger partial charge >= 0.3 is 0 Å². The van der Waals surface area contributed by atoms with Crippen molar-refractivity contribution in [3.05, 3.63) is 0 Å². The average molecular weight is 292 g/mol. The molecule has 3 heterocycles. The maximum absolute atomic E-state index is 12.6. The molecule has 3 atom stereocenters. The van der Waals surface area contributed by atoms with E-state index in [1.807, 2.05) is 0 Å². The fourth-order valence-electron chi connectivity index (χ4n) is 4.83. The second kappa shape index (κ2) is 7.13. The predicted molar refractivity (Wildman–Crippen MR) is 86.1 cm³/mol. The summed E-state index contributed by atoms with van der Waals surface area (Å²) in [5.74, 6) is 1.95. The van der Waals surface area contributed by atoms with Crippen molar-refractivity contribution in [3.8, 4) is 0 Å². The summed E-state index contributed by atoms with van der Waals surface area (Å²) in [4.78, 5) is 14.8. The van der Waals surface area contributed by atoms with Crippen LogP contribution in [0.1, 0.15) is 71.1 Å². The minimum absolute atomic E-state index is 0.443. The summed E-state index contributed by atoms with van der Waals surface area (Å²) in [6.45, 7) is 4.30. The van der Waals surface area contributed by atoms with Crippen LogP contribution < -0.4 is 5.32 Å². The molecular formula is C18H32N2O. The Balaban J connectivity index is 1.46. The number of carbonyl (C=O) groups excluding carboxylic acids is 1. The molecule has 0 spiro atoms. The molecule has 0 aromatic rings. The number of hydrogen-bond acceptors (Lipinski definition) is 2. The topological polar surface area (TPSA) is 32.3 Å². The van der Waals surface area contributed by atoms with E-state index >= 15 is 0 Å². The van der Waals surface area contributed by atoms with E-state index in [-0.39, 0.29) is 0 Å². The lowest BCUT2D eigenvalue weighted by Gasteiger charge is -2.30. The third-order valence-electron chi connectivity index (χ3n) is 5.93. The molecule has 1 N–H and O–H groups in total. The van der Waals surface area contributed by atoms with Gasteiger partial charge in [0.2, 0.25) is 5.91 Å². The van der Waals surface area contributed by atoms with E-state index < -0.39 is 0 Å². The summed E-state index contributed by atoms with van der Waals surface area (Å²) < 4.78 is 0. The molecule has 3 heteroatoms. The van der Waals surface area contributed by atoms with Gasteiger partial charge in [-0.25, -0.2) is 0 Å². The van der Waals surface area contributed by atoms with Gasteiger partial charge in [-0.3, -0.25) is 4.79 Å². The van der Waals surface area contributed by atoms with Crippen LogP contribution in [0.2, 0.25) is 0 Å². The smallest absolute Gasteiger partial charge is 0.222 e. The van der Waals surface area contributed by atoms with Gasteiger partial charge in [-0.05, 0) is 56.8 Å². The van der Waals surface area contributed by atoms with Crippen LogP contribution in [0.5, 0.6) is 0 Å². The van der Waals surface area contributed by atoms with Gasteiger partial charge in [0.1, 0.15) is 0 Å². The van der Waals surface area contributed by atoms with E-state index in [0.717, 1.165) is 25.4 Å². The lowest BCUT2D eigenvalue weighted by atomic mass is 9.89. The van der Waals surface area contributed by atoms with Gasteiger partial charge < -0.3 is 10.2 Å². The summed E-state index contributed by atoms with van der Waals surface area (Å²) in [6, 6.07) is 1.42. The molecule has 3 fully saturated rings. The Morgan fingerprint density at radius 3 is 2.52 bits per heavy atom. The minimum Gasteiger partial charge on any atom is -0.343 e. The standard InChI is InChI=1S/C18H32N2O/c1-2-4-14-5-3-9-20(10-8-14)18(21)13-15-11-16-6-7-17(12-15)19-16/h14-17,19H,2-13H2,1H3. The first-order valence-electron chi connectivity index (χ1n) is 9.28. The molecule has 2 bridgehead atoms. The molecule has 0 aromatic heterocycles. The highest BCUT2D eigenvalue weighted by atomic mass is 16.2. The maximum Gasteiger partial charge on any atom is 0.222 e. The molecule has 21 heavy (non-hydrogen) atoms. The van der Waals surface area contributed by atoms with Crippen LogP contribution >= 0.6 is 0 Å². The maximum atomic E-state index is 12.6. The lowest BCUT2D eigenvalue weighted by Crippen LogP contribution is -2.40. The van der Waals surface area contributed by atoms with E-state index in [1.54, 1.807) is 0 Å². The highest BCUT2D eigenvalue weighted by molar-refractivity contribution is 5.76. The van der Waals surface area contributed by atoms with Crippen molar-refractivity contribution in [2.24, 2.45) is 11.8 Å². The van der Waals surface area contributed by atoms with Crippen LogP contribution in [0.3, 0.4) is 0 Å². The van der Waals surface area contributed by atoms with Crippen LogP contribution in [-0.4, -0.2) is 36.0 Å². The molecule has 3 nitrogen and oxygen atoms in total. The zero-order chi connectivity index (χ0) is 14.7. The van der Waals surface area contributed by atoms with Crippen LogP contribution in [0, 0.1) is 11.8 Å². The second-order valence-corrected chi connectivity index (χ2v) is 7.65. The molecule has 1 amide bonds. The van der Waals surface area contributed by atoms with E-state index in [4.69, 9.17) is 0 Å². The number of amides is 1. The third-order valence-corrected chi connectivity index (χ3v) is 5.93. The Labute approximate surface area is 129 Å². The van der Waals surface area contributed by atoms with Crippen molar-refractivity contribution in [3.63, 3.8) is 0 Å². The Morgan fingerprint density at radius 1 is 1.05 bits per heavy atom. The average Bonchev–Trinajstić information content (AvgIpc) is 2.68. The summed E-state index contributed by atoms with van der Waals surface area (Å²) in [5, 5.41) is 3.68. The molecule has 3 aliphatic heterocycles. The lowest BCUT2D eigenvalue weighted by molar-refractivity contribution is -0.132. The van der Waals surface area contributed by atoms with Gasteiger partial charge in [0, 0.05) is 31.6 Å². The number of fused-ring (bicyclic) bond motifs is 2. The van der Waals surface area contributed by atoms with Crippen molar-refractivity contribution in [1.29, 1.82) is 0 Å². The van der Waals surface area contributed by atoms with Crippen molar-refractivity contribution >= 4 is 5.91 Å². The molecule has 3 unspecified atom stereocenters. The summed E-state index contributed by atoms with van der Waals surface area (Å²) in [5.41, 5.74) is 0. The Hall–Kier alpha value is -0.570. The highest BCUT2D eigenvalue weighted by Crippen LogP contribution is 2.33. The van der Waals surface area contributed by atoms with E-state index in [1.165, 1.54) is 57.8 Å². The summed E-state index contributed by atoms with van der Waals surface area (Å²) in [7, 11) is 0. The molecule has 0 aromatic carbocycles. The zero-order valence-corrected chi connectivity index (χ0v) is 13.7. The van der Waals surface area contributed by atoms with Gasteiger partial charge in [0.25, 0.3) is 0 Å². The first kappa shape index (κ1) is 15.3. The Kier molecular flexibility index (Phi) is 5.20. The number of carbonyl (C=O) groups is 1. The molecule has 0 aliphatic carbocycles. The van der Waals surface area contributed by atoms with Crippen molar-refractivity contribution < 1.29 is 4.79 Å². The van der Waals surface area contributed by atoms with Gasteiger partial charge in [0.05, 0.1) is 0 Å². The Morgan fingerprint density at radius 2 is 1.81 bits per heavy atom. The number of rotatable bonds is 4. The molecular weight excluding hydrogens is 260 g/mol. The van der Waals surface area contributed by atoms with Crippen molar-refractivity contribution in [2.45, 2.75) is 83.2 Å². The molecule has 3 aliphatic rings. The largest absolute Gasteiger partial charge is 0.343 e. The van der Waals surface area contributed by atoms with E-state index in [0.29, 0.717) is 23.9 Å². The van der Waals surface area contributed by atoms with Crippen LogP contribution in [-0.2, 0) is 4.79 Å². The number of nitrogens with one attached hydrogen (secondary N) is 1. The van der Waals surface area contributed by atoms with Gasteiger partial charge in [0.15, 0.2) is 0 Å². The molecule has 120 valence electrons. The number of hydrogen-bond donors (Lipinski definition) is 1. The molecule has 0 radical (unpaired) electrons. The first-order chi connectivity index (χ1) is 10.2. The van der Waals surface area contributed by atoms with E-state index in [2.05, 4.69) is 17.1 Å². The summed E-state index contributed by atoms with van der Waals surface area (Å²) in [6.07, 6.45) is 12.3. The number of piperidine rings is 1. The van der Waals surface area contributed by atoms with Gasteiger partial charge in [-0.15, -0.1) is 0 Å². The minimum atomic E-state index is 0.443. The van der Waals surface area contributed by atoms with Crippen LogP contribution in [0.15, 0.2) is 0 Å². The first-order valence-corrected chi connectivity index (χ1v) is 9.28. The van der Waals surface area contributed by atoms with Crippen LogP contribution in [0.25, 0.3) is 0 Å². The van der Waals surface area contributed by atoms with Crippen LogP contribution in [0.4, 0.5) is 0 Å². The summed E-state index contributed by atoms with van der Waals surface area (Å²) >= 11 is 0. The monoisotopic (exact) mass is 292 g/mol. The van der Waals surface area contributed by atoms with Gasteiger partial charge in [-0.2, -0.15) is 0 Å². The normalized spacial score (nSPS) is 36.5. The molecule has 3 saturated heterocycles. The van der Waals surface area contributed by atoms with Crippen molar-refractivity contribution in [1.82, 2.24) is 10.2 Å². The fraction of sp³-hybridized carbons (Fsp3) is 0.944. The fourth-order valence-corrected chi connectivity index (χ4v) is 4.83. The highest BCUT2D eigenvalue weighted by Gasteiger charge is 2.35. The third kappa shape index (κ3) is 4.00. The predicted octanol–water partition coefficient (Wildman–Crippen LogP) is 3.34. The number of nitrogens with zero attached hydrogens (tertiary/aromatic N) is 1. The Bertz CT molecular complexity index is 345.